The molecule has 0 spiro atoms. The molecule has 1 heterocycles. The molecule has 1 aromatic heterocycles. The summed E-state index contributed by atoms with van der Waals surface area (Å²) in [4.78, 5) is 0. The molecular formula is C10H12F4N2. The Kier molecular flexibility index (Phi) is 2.47. The minimum atomic E-state index is -2.91. The topological polar surface area (TPSA) is 17.8 Å². The van der Waals surface area contributed by atoms with Crippen molar-refractivity contribution in [3.63, 3.8) is 0 Å². The predicted octanol–water partition coefficient (Wildman–Crippen LogP) is 3.14. The van der Waals surface area contributed by atoms with Crippen molar-refractivity contribution in [2.75, 3.05) is 0 Å². The average molecular weight is 236 g/mol. The summed E-state index contributed by atoms with van der Waals surface area (Å²) in [5, 5.41) is 3.73. The molecule has 16 heavy (non-hydrogen) atoms. The largest absolute Gasteiger partial charge is 0.282 e. The molecule has 0 radical (unpaired) electrons. The molecule has 0 unspecified atom stereocenters. The van der Waals surface area contributed by atoms with Crippen molar-refractivity contribution < 1.29 is 17.6 Å². The van der Waals surface area contributed by atoms with Crippen molar-refractivity contribution in [1.29, 1.82) is 0 Å². The number of rotatable bonds is 2. The molecule has 1 aliphatic carbocycles. The van der Waals surface area contributed by atoms with Gasteiger partial charge in [-0.05, 0) is 13.8 Å². The van der Waals surface area contributed by atoms with Gasteiger partial charge in [0.1, 0.15) is 5.69 Å². The third-order valence-electron chi connectivity index (χ3n) is 2.71. The normalized spacial score (nSPS) is 18.5. The lowest BCUT2D eigenvalue weighted by molar-refractivity contribution is 0.0104. The first-order valence-corrected chi connectivity index (χ1v) is 5.08. The molecule has 0 atom stereocenters. The number of hydrogen-bond acceptors (Lipinski definition) is 1. The quantitative estimate of drug-likeness (QED) is 0.721. The zero-order valence-electron chi connectivity index (χ0n) is 8.98. The fourth-order valence-corrected chi connectivity index (χ4v) is 2.07. The minimum absolute atomic E-state index is 0.0358. The second kappa shape index (κ2) is 3.46. The summed E-state index contributed by atoms with van der Waals surface area (Å²) in [6.07, 6.45) is -3.89. The summed E-state index contributed by atoms with van der Waals surface area (Å²) in [7, 11) is 0. The molecule has 6 heteroatoms. The smallest absolute Gasteiger partial charge is 0.266 e. The Bertz CT molecular complexity index is 375. The molecule has 0 saturated heterocycles. The van der Waals surface area contributed by atoms with Crippen LogP contribution in [-0.2, 0) is 12.8 Å². The van der Waals surface area contributed by atoms with Gasteiger partial charge in [-0.25, -0.2) is 17.6 Å². The Morgan fingerprint density at radius 3 is 2.38 bits per heavy atom. The van der Waals surface area contributed by atoms with Gasteiger partial charge in [0, 0.05) is 23.7 Å². The predicted molar refractivity (Wildman–Crippen MR) is 49.9 cm³/mol. The lowest BCUT2D eigenvalue weighted by Gasteiger charge is -2.11. The van der Waals surface area contributed by atoms with Gasteiger partial charge in [-0.2, -0.15) is 5.10 Å². The minimum Gasteiger partial charge on any atom is -0.266 e. The van der Waals surface area contributed by atoms with E-state index in [9.17, 15) is 17.6 Å². The highest BCUT2D eigenvalue weighted by Gasteiger charge is 2.43. The van der Waals surface area contributed by atoms with E-state index < -0.39 is 30.9 Å². The van der Waals surface area contributed by atoms with Crippen LogP contribution in [0, 0.1) is 0 Å². The van der Waals surface area contributed by atoms with E-state index >= 15 is 0 Å². The van der Waals surface area contributed by atoms with Gasteiger partial charge in [0.05, 0.1) is 6.42 Å². The number of alkyl halides is 4. The maximum Gasteiger partial charge on any atom is 0.282 e. The molecule has 2 rings (SSSR count). The standard InChI is InChI=1S/C10H12F4N2/c1-5(2)16-7-4-10(13,14)3-6(7)8(15-16)9(11)12/h5,9H,3-4H2,1-2H3. The molecule has 90 valence electrons. The van der Waals surface area contributed by atoms with E-state index in [1.807, 2.05) is 0 Å². The zero-order chi connectivity index (χ0) is 12.1. The zero-order valence-corrected chi connectivity index (χ0v) is 8.98. The first-order chi connectivity index (χ1) is 7.32. The third-order valence-corrected chi connectivity index (χ3v) is 2.71. The van der Waals surface area contributed by atoms with Crippen LogP contribution in [0.5, 0.6) is 0 Å². The van der Waals surface area contributed by atoms with E-state index in [1.165, 1.54) is 4.68 Å². The number of aromatic nitrogens is 2. The second-order valence-electron chi connectivity index (χ2n) is 4.36. The van der Waals surface area contributed by atoms with Gasteiger partial charge in [0.2, 0.25) is 0 Å². The van der Waals surface area contributed by atoms with Crippen molar-refractivity contribution in [3.05, 3.63) is 17.0 Å². The lowest BCUT2D eigenvalue weighted by Crippen LogP contribution is -2.18. The molecule has 0 aromatic carbocycles. The number of halogens is 4. The Labute approximate surface area is 90.2 Å². The fraction of sp³-hybridized carbons (Fsp3) is 0.700. The maximum atomic E-state index is 13.2. The van der Waals surface area contributed by atoms with Crippen molar-refractivity contribution >= 4 is 0 Å². The molecule has 1 aliphatic rings. The summed E-state index contributed by atoms with van der Waals surface area (Å²) >= 11 is 0. The highest BCUT2D eigenvalue weighted by atomic mass is 19.3. The molecule has 0 fully saturated rings. The van der Waals surface area contributed by atoms with Gasteiger partial charge in [-0.1, -0.05) is 0 Å². The summed E-state index contributed by atoms with van der Waals surface area (Å²) in [6.45, 7) is 3.47. The van der Waals surface area contributed by atoms with Gasteiger partial charge >= 0.3 is 0 Å². The number of fused-ring (bicyclic) bond motifs is 1. The van der Waals surface area contributed by atoms with Crippen LogP contribution in [0.4, 0.5) is 17.6 Å². The van der Waals surface area contributed by atoms with Gasteiger partial charge < -0.3 is 0 Å². The van der Waals surface area contributed by atoms with Crippen LogP contribution in [0.1, 0.15) is 43.3 Å². The summed E-state index contributed by atoms with van der Waals surface area (Å²) in [6, 6.07) is -0.185. The van der Waals surface area contributed by atoms with E-state index in [-0.39, 0.29) is 17.3 Å². The van der Waals surface area contributed by atoms with E-state index in [0.29, 0.717) is 0 Å². The van der Waals surface area contributed by atoms with Crippen LogP contribution in [0.3, 0.4) is 0 Å². The van der Waals surface area contributed by atoms with E-state index in [2.05, 4.69) is 5.10 Å². The van der Waals surface area contributed by atoms with E-state index in [1.54, 1.807) is 13.8 Å². The SMILES string of the molecule is CC(C)n1nc(C(F)F)c2c1CC(F)(F)C2. The van der Waals surface area contributed by atoms with E-state index in [4.69, 9.17) is 0 Å². The fourth-order valence-electron chi connectivity index (χ4n) is 2.07. The van der Waals surface area contributed by atoms with Crippen LogP contribution in [0.2, 0.25) is 0 Å². The van der Waals surface area contributed by atoms with Gasteiger partial charge in [-0.15, -0.1) is 0 Å². The van der Waals surface area contributed by atoms with Gasteiger partial charge in [0.25, 0.3) is 12.3 Å². The monoisotopic (exact) mass is 236 g/mol. The lowest BCUT2D eigenvalue weighted by atomic mass is 10.2. The molecule has 0 amide bonds. The second-order valence-corrected chi connectivity index (χ2v) is 4.36. The van der Waals surface area contributed by atoms with Gasteiger partial charge in [-0.3, -0.25) is 4.68 Å². The van der Waals surface area contributed by atoms with Crippen molar-refractivity contribution in [3.8, 4) is 0 Å². The highest BCUT2D eigenvalue weighted by Crippen LogP contribution is 2.39. The molecule has 0 N–H and O–H groups in total. The molecule has 2 nitrogen and oxygen atoms in total. The molecule has 0 aliphatic heterocycles. The van der Waals surface area contributed by atoms with Gasteiger partial charge in [0.15, 0.2) is 0 Å². The van der Waals surface area contributed by atoms with Crippen LogP contribution in [-0.4, -0.2) is 15.7 Å². The molecule has 1 aromatic rings. The highest BCUT2D eigenvalue weighted by molar-refractivity contribution is 5.34. The first-order valence-electron chi connectivity index (χ1n) is 5.08. The Balaban J connectivity index is 2.51. The van der Waals surface area contributed by atoms with Crippen molar-refractivity contribution in [2.24, 2.45) is 0 Å². The Hall–Kier alpha value is -1.07. The summed E-state index contributed by atoms with van der Waals surface area (Å²) in [5.74, 6) is -2.91. The van der Waals surface area contributed by atoms with E-state index in [0.717, 1.165) is 0 Å². The van der Waals surface area contributed by atoms with Crippen molar-refractivity contribution in [1.82, 2.24) is 9.78 Å². The van der Waals surface area contributed by atoms with Crippen molar-refractivity contribution in [2.45, 2.75) is 45.1 Å². The van der Waals surface area contributed by atoms with Crippen LogP contribution >= 0.6 is 0 Å². The molecule has 0 saturated carbocycles. The Morgan fingerprint density at radius 2 is 1.88 bits per heavy atom. The third kappa shape index (κ3) is 1.70. The average Bonchev–Trinajstić information content (AvgIpc) is 2.56. The van der Waals surface area contributed by atoms with Crippen LogP contribution in [0.15, 0.2) is 0 Å². The molecular weight excluding hydrogens is 224 g/mol. The number of nitrogens with zero attached hydrogens (tertiary/aromatic N) is 2. The van der Waals surface area contributed by atoms with Crippen LogP contribution < -0.4 is 0 Å². The van der Waals surface area contributed by atoms with Crippen LogP contribution in [0.25, 0.3) is 0 Å². The maximum absolute atomic E-state index is 13.2. The molecule has 0 bridgehead atoms. The number of hydrogen-bond donors (Lipinski definition) is 0. The summed E-state index contributed by atoms with van der Waals surface area (Å²) < 4.78 is 52.9. The summed E-state index contributed by atoms with van der Waals surface area (Å²) in [5.41, 5.74) is -0.190. The first kappa shape index (κ1) is 11.4. The Morgan fingerprint density at radius 1 is 1.25 bits per heavy atom.